The topological polar surface area (TPSA) is 72.2 Å². The molecule has 2 atom stereocenters. The molecule has 2 unspecified atom stereocenters. The van der Waals surface area contributed by atoms with E-state index in [0.29, 0.717) is 18.4 Å². The molecule has 0 aliphatic carbocycles. The van der Waals surface area contributed by atoms with Crippen LogP contribution in [0.2, 0.25) is 0 Å². The third-order valence-electron chi connectivity index (χ3n) is 6.34. The van der Waals surface area contributed by atoms with Crippen LogP contribution >= 0.6 is 0 Å². The van der Waals surface area contributed by atoms with Gasteiger partial charge in [0.25, 0.3) is 0 Å². The molecule has 0 radical (unpaired) electrons. The number of methoxy groups -OCH3 is 1. The Morgan fingerprint density at radius 1 is 1.12 bits per heavy atom. The van der Waals surface area contributed by atoms with Gasteiger partial charge in [-0.1, -0.05) is 13.8 Å². The lowest BCUT2D eigenvalue weighted by Crippen LogP contribution is -2.56. The Morgan fingerprint density at radius 3 is 2.62 bits per heavy atom. The fourth-order valence-corrected chi connectivity index (χ4v) is 4.84. The van der Waals surface area contributed by atoms with Gasteiger partial charge in [0, 0.05) is 43.3 Å². The summed E-state index contributed by atoms with van der Waals surface area (Å²) in [6.45, 7) is 6.19. The maximum absolute atomic E-state index is 12.7. The molecule has 3 aromatic rings. The molecule has 0 saturated carbocycles. The highest BCUT2D eigenvalue weighted by molar-refractivity contribution is 5.80. The van der Waals surface area contributed by atoms with Crippen LogP contribution < -0.4 is 9.64 Å². The van der Waals surface area contributed by atoms with Crippen LogP contribution in [0.1, 0.15) is 26.7 Å². The quantitative estimate of drug-likeness (QED) is 0.606. The van der Waals surface area contributed by atoms with E-state index in [1.165, 1.54) is 0 Å². The first-order chi connectivity index (χ1) is 15.5. The molecule has 2 bridgehead atoms. The fourth-order valence-electron chi connectivity index (χ4n) is 4.84. The number of aromatic nitrogens is 3. The molecule has 32 heavy (non-hydrogen) atoms. The molecular weight excluding hydrogens is 406 g/mol. The third kappa shape index (κ3) is 3.74. The van der Waals surface area contributed by atoms with E-state index >= 15 is 0 Å². The summed E-state index contributed by atoms with van der Waals surface area (Å²) in [4.78, 5) is 21.3. The Labute approximate surface area is 187 Å². The number of carbonyl (C=O) groups excluding carboxylic acids is 1. The van der Waals surface area contributed by atoms with Crippen LogP contribution in [0.15, 0.2) is 42.9 Å². The Bertz CT molecular complexity index is 1110. The number of piperazine rings is 1. The lowest BCUT2D eigenvalue weighted by atomic mass is 10.1. The summed E-state index contributed by atoms with van der Waals surface area (Å²) in [5.74, 6) is 0.926. The van der Waals surface area contributed by atoms with Crippen LogP contribution in [0.3, 0.4) is 0 Å². The average molecular weight is 436 g/mol. The van der Waals surface area contributed by atoms with Crippen LogP contribution in [-0.4, -0.2) is 64.5 Å². The van der Waals surface area contributed by atoms with E-state index < -0.39 is 0 Å². The Balaban J connectivity index is 1.40. The van der Waals surface area contributed by atoms with Crippen molar-refractivity contribution in [1.82, 2.24) is 19.5 Å². The minimum absolute atomic E-state index is 0.165. The van der Waals surface area contributed by atoms with E-state index in [9.17, 15) is 4.79 Å². The van der Waals surface area contributed by atoms with Gasteiger partial charge < -0.3 is 14.4 Å². The number of amides is 1. The van der Waals surface area contributed by atoms with E-state index in [0.717, 1.165) is 48.3 Å². The number of pyridine rings is 1. The molecule has 2 aliphatic heterocycles. The summed E-state index contributed by atoms with van der Waals surface area (Å²) >= 11 is 0. The summed E-state index contributed by atoms with van der Waals surface area (Å²) in [7, 11) is 1.62. The Hall–Kier alpha value is -3.29. The van der Waals surface area contributed by atoms with Gasteiger partial charge >= 0.3 is 6.09 Å². The molecule has 3 aromatic heterocycles. The number of fused-ring (bicyclic) bond motifs is 3. The highest BCUT2D eigenvalue weighted by Gasteiger charge is 2.43. The van der Waals surface area contributed by atoms with Crippen molar-refractivity contribution in [3.63, 3.8) is 0 Å². The van der Waals surface area contributed by atoms with Crippen LogP contribution in [0.25, 0.3) is 16.6 Å². The van der Waals surface area contributed by atoms with Crippen LogP contribution in [0.4, 0.5) is 10.5 Å². The van der Waals surface area contributed by atoms with E-state index in [4.69, 9.17) is 9.47 Å². The molecule has 8 nitrogen and oxygen atoms in total. The molecular formula is C24H29N5O3. The predicted octanol–water partition coefficient (Wildman–Crippen LogP) is 3.85. The number of hydrogen-bond acceptors (Lipinski definition) is 6. The van der Waals surface area contributed by atoms with E-state index in [1.807, 2.05) is 33.9 Å². The minimum atomic E-state index is -0.165. The SMILES string of the molecule is COc1cc(-c2cc3c(N4CC5CCC(C4)N5C(=O)OCC(C)C)ccnn3c2)ccn1. The highest BCUT2D eigenvalue weighted by Crippen LogP contribution is 2.36. The lowest BCUT2D eigenvalue weighted by molar-refractivity contribution is 0.0704. The standard InChI is InChI=1S/C24H29N5O3/c1-16(2)15-32-24(30)29-19-4-5-20(29)14-27(13-19)21-7-9-26-28-12-18(10-22(21)28)17-6-8-25-23(11-17)31-3/h6-12,16,19-20H,4-5,13-15H2,1-3H3. The number of carbonyl (C=O) groups is 1. The average Bonchev–Trinajstić information content (AvgIpc) is 3.35. The zero-order valence-corrected chi connectivity index (χ0v) is 18.8. The van der Waals surface area contributed by atoms with Crippen molar-refractivity contribution in [2.75, 3.05) is 31.7 Å². The summed E-state index contributed by atoms with van der Waals surface area (Å²) in [6, 6.07) is 8.48. The summed E-state index contributed by atoms with van der Waals surface area (Å²) in [5, 5.41) is 4.52. The molecule has 0 aromatic carbocycles. The molecule has 1 amide bonds. The summed E-state index contributed by atoms with van der Waals surface area (Å²) in [6.07, 6.45) is 7.49. The number of anilines is 1. The van der Waals surface area contributed by atoms with Crippen molar-refractivity contribution in [2.45, 2.75) is 38.8 Å². The normalized spacial score (nSPS) is 20.2. The maximum atomic E-state index is 12.7. The van der Waals surface area contributed by atoms with Gasteiger partial charge in [-0.05, 0) is 42.5 Å². The maximum Gasteiger partial charge on any atom is 0.410 e. The predicted molar refractivity (Wildman–Crippen MR) is 122 cm³/mol. The summed E-state index contributed by atoms with van der Waals surface area (Å²) < 4.78 is 12.7. The van der Waals surface area contributed by atoms with Gasteiger partial charge in [-0.2, -0.15) is 5.10 Å². The first kappa shape index (κ1) is 20.6. The van der Waals surface area contributed by atoms with E-state index in [2.05, 4.69) is 41.0 Å². The largest absolute Gasteiger partial charge is 0.481 e. The first-order valence-corrected chi connectivity index (χ1v) is 11.2. The molecule has 2 fully saturated rings. The van der Waals surface area contributed by atoms with Crippen molar-refractivity contribution < 1.29 is 14.3 Å². The molecule has 8 heteroatoms. The highest BCUT2D eigenvalue weighted by atomic mass is 16.6. The molecule has 0 N–H and O–H groups in total. The van der Waals surface area contributed by atoms with Gasteiger partial charge in [0.2, 0.25) is 5.88 Å². The minimum Gasteiger partial charge on any atom is -0.481 e. The van der Waals surface area contributed by atoms with Gasteiger partial charge in [-0.25, -0.2) is 14.3 Å². The van der Waals surface area contributed by atoms with Crippen LogP contribution in [0, 0.1) is 5.92 Å². The Kier molecular flexibility index (Phi) is 5.36. The molecule has 2 aliphatic rings. The van der Waals surface area contributed by atoms with Crippen molar-refractivity contribution in [2.24, 2.45) is 5.92 Å². The van der Waals surface area contributed by atoms with Crippen LogP contribution in [0.5, 0.6) is 5.88 Å². The second-order valence-corrected chi connectivity index (χ2v) is 9.03. The zero-order valence-electron chi connectivity index (χ0n) is 18.8. The Morgan fingerprint density at radius 2 is 1.91 bits per heavy atom. The van der Waals surface area contributed by atoms with E-state index in [-0.39, 0.29) is 18.2 Å². The van der Waals surface area contributed by atoms with Crippen molar-refractivity contribution >= 4 is 17.3 Å². The van der Waals surface area contributed by atoms with Crippen molar-refractivity contribution in [1.29, 1.82) is 0 Å². The fraction of sp³-hybridized carbons (Fsp3) is 0.458. The van der Waals surface area contributed by atoms with E-state index in [1.54, 1.807) is 13.3 Å². The molecule has 5 rings (SSSR count). The number of ether oxygens (including phenoxy) is 2. The number of nitrogens with zero attached hydrogens (tertiary/aromatic N) is 5. The van der Waals surface area contributed by atoms with Gasteiger partial charge in [0.1, 0.15) is 0 Å². The first-order valence-electron chi connectivity index (χ1n) is 11.2. The van der Waals surface area contributed by atoms with Gasteiger partial charge in [0.15, 0.2) is 0 Å². The second kappa shape index (κ2) is 8.33. The van der Waals surface area contributed by atoms with Gasteiger partial charge in [-0.3, -0.25) is 4.90 Å². The van der Waals surface area contributed by atoms with Crippen molar-refractivity contribution in [3.8, 4) is 17.0 Å². The van der Waals surface area contributed by atoms with Gasteiger partial charge in [0.05, 0.1) is 37.0 Å². The smallest absolute Gasteiger partial charge is 0.410 e. The molecule has 2 saturated heterocycles. The monoisotopic (exact) mass is 435 g/mol. The summed E-state index contributed by atoms with van der Waals surface area (Å²) in [5.41, 5.74) is 4.28. The van der Waals surface area contributed by atoms with Crippen molar-refractivity contribution in [3.05, 3.63) is 42.9 Å². The number of rotatable bonds is 5. The zero-order chi connectivity index (χ0) is 22.2. The second-order valence-electron chi connectivity index (χ2n) is 9.03. The molecule has 168 valence electrons. The van der Waals surface area contributed by atoms with Crippen LogP contribution in [-0.2, 0) is 4.74 Å². The lowest BCUT2D eigenvalue weighted by Gasteiger charge is -2.41. The van der Waals surface area contributed by atoms with Gasteiger partial charge in [-0.15, -0.1) is 0 Å². The molecule has 0 spiro atoms. The third-order valence-corrected chi connectivity index (χ3v) is 6.34. The number of hydrogen-bond donors (Lipinski definition) is 0. The molecule has 5 heterocycles.